The van der Waals surface area contributed by atoms with Crippen molar-refractivity contribution in [3.63, 3.8) is 0 Å². The first kappa shape index (κ1) is 15.9. The first-order valence-electron chi connectivity index (χ1n) is 7.32. The molecule has 1 unspecified atom stereocenters. The second-order valence-electron chi connectivity index (χ2n) is 5.24. The minimum atomic E-state index is 0.243. The number of rotatable bonds is 6. The Morgan fingerprint density at radius 2 is 1.86 bits per heavy atom. The summed E-state index contributed by atoms with van der Waals surface area (Å²) in [5, 5.41) is 0.758. The molecule has 2 N–H and O–H groups in total. The smallest absolute Gasteiger partial charge is 0.122 e. The van der Waals surface area contributed by atoms with Crippen molar-refractivity contribution in [1.82, 2.24) is 0 Å². The van der Waals surface area contributed by atoms with Crippen molar-refractivity contribution in [1.29, 1.82) is 0 Å². The Morgan fingerprint density at radius 3 is 2.48 bits per heavy atom. The number of aryl methyl sites for hydroxylation is 1. The molecule has 0 fully saturated rings. The maximum Gasteiger partial charge on any atom is 0.122 e. The summed E-state index contributed by atoms with van der Waals surface area (Å²) in [4.78, 5) is 0. The van der Waals surface area contributed by atoms with Gasteiger partial charge in [0.2, 0.25) is 0 Å². The molecular formula is C18H22ClNO. The lowest BCUT2D eigenvalue weighted by atomic mass is 9.90. The molecule has 1 atom stereocenters. The Kier molecular flexibility index (Phi) is 5.66. The zero-order chi connectivity index (χ0) is 15.2. The van der Waals surface area contributed by atoms with Crippen LogP contribution in [-0.2, 0) is 6.42 Å². The van der Waals surface area contributed by atoms with Crippen LogP contribution in [0.15, 0.2) is 42.5 Å². The van der Waals surface area contributed by atoms with E-state index in [0.29, 0.717) is 13.2 Å². The molecule has 21 heavy (non-hydrogen) atoms. The lowest BCUT2D eigenvalue weighted by molar-refractivity contribution is 0.334. The van der Waals surface area contributed by atoms with Crippen molar-refractivity contribution in [3.8, 4) is 5.75 Å². The van der Waals surface area contributed by atoms with Crippen molar-refractivity contribution in [2.45, 2.75) is 26.2 Å². The standard InChI is InChI=1S/C18H22ClNO/c1-3-21-18-9-4-13(2)10-17(18)15(12-20)11-14-5-7-16(19)8-6-14/h4-10,15H,3,11-12,20H2,1-2H3. The summed E-state index contributed by atoms with van der Waals surface area (Å²) in [7, 11) is 0. The summed E-state index contributed by atoms with van der Waals surface area (Å²) >= 11 is 5.94. The molecular weight excluding hydrogens is 282 g/mol. The third-order valence-electron chi connectivity index (χ3n) is 3.58. The number of nitrogens with two attached hydrogens (primary N) is 1. The largest absolute Gasteiger partial charge is 0.494 e. The fourth-order valence-electron chi connectivity index (χ4n) is 2.50. The van der Waals surface area contributed by atoms with Gasteiger partial charge in [0.05, 0.1) is 6.61 Å². The van der Waals surface area contributed by atoms with Gasteiger partial charge in [0.25, 0.3) is 0 Å². The minimum absolute atomic E-state index is 0.243. The highest BCUT2D eigenvalue weighted by Gasteiger charge is 2.16. The zero-order valence-electron chi connectivity index (χ0n) is 12.6. The Labute approximate surface area is 131 Å². The van der Waals surface area contributed by atoms with Crippen molar-refractivity contribution in [2.24, 2.45) is 5.73 Å². The molecule has 0 aliphatic carbocycles. The third-order valence-corrected chi connectivity index (χ3v) is 3.84. The molecule has 0 bridgehead atoms. The number of halogens is 1. The van der Waals surface area contributed by atoms with Crippen LogP contribution < -0.4 is 10.5 Å². The maximum atomic E-state index is 6.02. The van der Waals surface area contributed by atoms with E-state index in [1.54, 1.807) is 0 Å². The number of hydrogen-bond donors (Lipinski definition) is 1. The normalized spacial score (nSPS) is 12.2. The Bertz CT molecular complexity index is 580. The number of hydrogen-bond acceptors (Lipinski definition) is 2. The second-order valence-corrected chi connectivity index (χ2v) is 5.67. The van der Waals surface area contributed by atoms with Crippen LogP contribution in [0, 0.1) is 6.92 Å². The summed E-state index contributed by atoms with van der Waals surface area (Å²) < 4.78 is 5.75. The molecule has 3 heteroatoms. The first-order valence-corrected chi connectivity index (χ1v) is 7.69. The highest BCUT2D eigenvalue weighted by atomic mass is 35.5. The van der Waals surface area contributed by atoms with Gasteiger partial charge in [0.15, 0.2) is 0 Å². The predicted octanol–water partition coefficient (Wildman–Crippen LogP) is 4.33. The van der Waals surface area contributed by atoms with Crippen molar-refractivity contribution in [2.75, 3.05) is 13.2 Å². The molecule has 0 radical (unpaired) electrons. The molecule has 112 valence electrons. The van der Waals surface area contributed by atoms with Gasteiger partial charge in [-0.3, -0.25) is 0 Å². The Morgan fingerprint density at radius 1 is 1.14 bits per heavy atom. The predicted molar refractivity (Wildman–Crippen MR) is 89.3 cm³/mol. The molecule has 0 aliphatic heterocycles. The summed E-state index contributed by atoms with van der Waals surface area (Å²) in [6, 6.07) is 14.2. The van der Waals surface area contributed by atoms with Gasteiger partial charge in [0, 0.05) is 10.9 Å². The average Bonchev–Trinajstić information content (AvgIpc) is 2.49. The zero-order valence-corrected chi connectivity index (χ0v) is 13.4. The van der Waals surface area contributed by atoms with E-state index >= 15 is 0 Å². The average molecular weight is 304 g/mol. The van der Waals surface area contributed by atoms with Crippen LogP contribution >= 0.6 is 11.6 Å². The van der Waals surface area contributed by atoms with E-state index in [2.05, 4.69) is 31.2 Å². The summed E-state index contributed by atoms with van der Waals surface area (Å²) in [6.45, 7) is 5.34. The molecule has 2 aromatic carbocycles. The highest BCUT2D eigenvalue weighted by Crippen LogP contribution is 2.30. The molecule has 0 aromatic heterocycles. The van der Waals surface area contributed by atoms with Gasteiger partial charge in [-0.2, -0.15) is 0 Å². The molecule has 0 saturated carbocycles. The Balaban J connectivity index is 2.27. The van der Waals surface area contributed by atoms with Crippen LogP contribution in [0.25, 0.3) is 0 Å². The summed E-state index contributed by atoms with van der Waals surface area (Å²) in [5.74, 6) is 1.18. The fraction of sp³-hybridized carbons (Fsp3) is 0.333. The first-order chi connectivity index (χ1) is 10.1. The van der Waals surface area contributed by atoms with E-state index in [9.17, 15) is 0 Å². The number of ether oxygens (including phenoxy) is 1. The highest BCUT2D eigenvalue weighted by molar-refractivity contribution is 6.30. The molecule has 0 spiro atoms. The van der Waals surface area contributed by atoms with E-state index in [-0.39, 0.29) is 5.92 Å². The lowest BCUT2D eigenvalue weighted by Gasteiger charge is -2.20. The fourth-order valence-corrected chi connectivity index (χ4v) is 2.63. The SMILES string of the molecule is CCOc1ccc(C)cc1C(CN)Cc1ccc(Cl)cc1. The molecule has 2 rings (SSSR count). The van der Waals surface area contributed by atoms with Crippen LogP contribution in [0.3, 0.4) is 0 Å². The van der Waals surface area contributed by atoms with Crippen LogP contribution in [0.2, 0.25) is 5.02 Å². The molecule has 2 aromatic rings. The molecule has 2 nitrogen and oxygen atoms in total. The van der Waals surface area contributed by atoms with Gasteiger partial charge in [-0.05, 0) is 56.1 Å². The number of benzene rings is 2. The quantitative estimate of drug-likeness (QED) is 0.862. The van der Waals surface area contributed by atoms with Crippen LogP contribution in [0.1, 0.15) is 29.5 Å². The van der Waals surface area contributed by atoms with Gasteiger partial charge in [0.1, 0.15) is 5.75 Å². The van der Waals surface area contributed by atoms with E-state index in [0.717, 1.165) is 17.2 Å². The second kappa shape index (κ2) is 7.48. The molecule has 0 heterocycles. The van der Waals surface area contributed by atoms with Gasteiger partial charge in [-0.15, -0.1) is 0 Å². The van der Waals surface area contributed by atoms with E-state index in [4.69, 9.17) is 22.1 Å². The van der Waals surface area contributed by atoms with E-state index < -0.39 is 0 Å². The molecule has 0 aliphatic rings. The minimum Gasteiger partial charge on any atom is -0.494 e. The maximum absolute atomic E-state index is 6.02. The van der Waals surface area contributed by atoms with Gasteiger partial charge >= 0.3 is 0 Å². The van der Waals surface area contributed by atoms with Crippen LogP contribution in [0.4, 0.5) is 0 Å². The molecule has 0 amide bonds. The Hall–Kier alpha value is -1.51. The van der Waals surface area contributed by atoms with Gasteiger partial charge in [-0.1, -0.05) is 41.4 Å². The lowest BCUT2D eigenvalue weighted by Crippen LogP contribution is -2.16. The van der Waals surface area contributed by atoms with Crippen molar-refractivity contribution in [3.05, 3.63) is 64.2 Å². The summed E-state index contributed by atoms with van der Waals surface area (Å²) in [6.07, 6.45) is 0.886. The van der Waals surface area contributed by atoms with Gasteiger partial charge < -0.3 is 10.5 Å². The monoisotopic (exact) mass is 303 g/mol. The van der Waals surface area contributed by atoms with Crippen LogP contribution in [0.5, 0.6) is 5.75 Å². The van der Waals surface area contributed by atoms with Gasteiger partial charge in [-0.25, -0.2) is 0 Å². The van der Waals surface area contributed by atoms with E-state index in [1.807, 2.05) is 25.1 Å². The van der Waals surface area contributed by atoms with Crippen molar-refractivity contribution < 1.29 is 4.74 Å². The van der Waals surface area contributed by atoms with Crippen LogP contribution in [-0.4, -0.2) is 13.2 Å². The third kappa shape index (κ3) is 4.23. The summed E-state index contributed by atoms with van der Waals surface area (Å²) in [5.41, 5.74) is 9.67. The molecule has 0 saturated heterocycles. The topological polar surface area (TPSA) is 35.2 Å². The van der Waals surface area contributed by atoms with Crippen molar-refractivity contribution >= 4 is 11.6 Å². The van der Waals surface area contributed by atoms with E-state index in [1.165, 1.54) is 16.7 Å².